The summed E-state index contributed by atoms with van der Waals surface area (Å²) in [6, 6.07) is 30.0. The Hall–Kier alpha value is -7.40. The third-order valence-corrected chi connectivity index (χ3v) is 10.6. The van der Waals surface area contributed by atoms with Crippen LogP contribution in [-0.2, 0) is 23.9 Å². The van der Waals surface area contributed by atoms with Crippen molar-refractivity contribution < 1.29 is 33.4 Å². The van der Waals surface area contributed by atoms with Gasteiger partial charge in [0, 0.05) is 29.9 Å². The second kappa shape index (κ2) is 18.9. The first-order valence-electron chi connectivity index (χ1n) is 19.7. The van der Waals surface area contributed by atoms with Gasteiger partial charge in [-0.25, -0.2) is 14.6 Å². The lowest BCUT2D eigenvalue weighted by Gasteiger charge is -2.28. The molecule has 5 amide bonds. The van der Waals surface area contributed by atoms with Gasteiger partial charge in [0.2, 0.25) is 5.91 Å². The average Bonchev–Trinajstić information content (AvgIpc) is 4.10. The molecular formula is C46H45N7O7. The summed E-state index contributed by atoms with van der Waals surface area (Å²) in [4.78, 5) is 76.6. The zero-order valence-corrected chi connectivity index (χ0v) is 33.2. The normalized spacial score (nSPS) is 16.8. The van der Waals surface area contributed by atoms with Gasteiger partial charge in [0.1, 0.15) is 23.9 Å². The van der Waals surface area contributed by atoms with Crippen molar-refractivity contribution in [3.63, 3.8) is 0 Å². The highest BCUT2D eigenvalue weighted by molar-refractivity contribution is 5.99. The molecule has 306 valence electrons. The number of imidazole rings is 1. The number of nitrogens with zero attached hydrogens (tertiary/aromatic N) is 3. The number of likely N-dealkylation sites (tertiary alicyclic amines) is 2. The number of hydrogen-bond donors (Lipinski definition) is 4. The van der Waals surface area contributed by atoms with Gasteiger partial charge in [0.25, 0.3) is 11.8 Å². The number of anilines is 1. The van der Waals surface area contributed by atoms with Gasteiger partial charge in [0.05, 0.1) is 32.2 Å². The predicted octanol–water partition coefficient (Wildman–Crippen LogP) is 6.26. The number of hydrogen-bond acceptors (Lipinski definition) is 8. The minimum absolute atomic E-state index is 0.233. The Balaban J connectivity index is 0.961. The molecule has 3 heterocycles. The van der Waals surface area contributed by atoms with Crippen LogP contribution in [-0.4, -0.2) is 83.0 Å². The first-order chi connectivity index (χ1) is 29.2. The highest BCUT2D eigenvalue weighted by atomic mass is 16.5. The monoisotopic (exact) mass is 807 g/mol. The van der Waals surface area contributed by atoms with Crippen LogP contribution in [0, 0.1) is 11.8 Å². The highest BCUT2D eigenvalue weighted by Gasteiger charge is 2.39. The zero-order chi connectivity index (χ0) is 42.0. The highest BCUT2D eigenvalue weighted by Crippen LogP contribution is 2.34. The Labute approximate surface area is 347 Å². The smallest absolute Gasteiger partial charge is 0.407 e. The molecule has 60 heavy (non-hydrogen) atoms. The van der Waals surface area contributed by atoms with Crippen molar-refractivity contribution in [1.82, 2.24) is 30.4 Å². The van der Waals surface area contributed by atoms with Gasteiger partial charge in [-0.2, -0.15) is 0 Å². The lowest BCUT2D eigenvalue weighted by molar-refractivity contribution is -0.138. The van der Waals surface area contributed by atoms with E-state index in [1.165, 1.54) is 19.1 Å². The van der Waals surface area contributed by atoms with Crippen LogP contribution in [0.3, 0.4) is 0 Å². The molecule has 2 aliphatic rings. The zero-order valence-electron chi connectivity index (χ0n) is 33.2. The Morgan fingerprint density at radius 2 is 1.20 bits per heavy atom. The number of aromatic nitrogens is 2. The summed E-state index contributed by atoms with van der Waals surface area (Å²) >= 11 is 0. The lowest BCUT2D eigenvalue weighted by atomic mass is 10.0. The molecule has 4 aromatic carbocycles. The molecule has 4 N–H and O–H groups in total. The van der Waals surface area contributed by atoms with Crippen LogP contribution in [0.2, 0.25) is 0 Å². The summed E-state index contributed by atoms with van der Waals surface area (Å²) in [5, 5.41) is 8.23. The Kier molecular flexibility index (Phi) is 12.8. The maximum atomic E-state index is 13.8. The molecule has 0 saturated carbocycles. The third-order valence-electron chi connectivity index (χ3n) is 10.6. The van der Waals surface area contributed by atoms with Crippen molar-refractivity contribution in [1.29, 1.82) is 0 Å². The van der Waals surface area contributed by atoms with Crippen LogP contribution in [0.25, 0.3) is 11.3 Å². The summed E-state index contributed by atoms with van der Waals surface area (Å²) in [6.07, 6.45) is 3.00. The van der Waals surface area contributed by atoms with Crippen LogP contribution < -0.4 is 16.0 Å². The molecule has 4 atom stereocenters. The summed E-state index contributed by atoms with van der Waals surface area (Å²) in [6.45, 7) is 0.921. The topological polar surface area (TPSA) is 175 Å². The fourth-order valence-corrected chi connectivity index (χ4v) is 7.56. The van der Waals surface area contributed by atoms with Crippen LogP contribution in [0.4, 0.5) is 15.3 Å². The van der Waals surface area contributed by atoms with Crippen molar-refractivity contribution in [3.8, 4) is 23.1 Å². The Morgan fingerprint density at radius 3 is 1.77 bits per heavy atom. The van der Waals surface area contributed by atoms with Gasteiger partial charge in [-0.15, -0.1) is 0 Å². The number of ether oxygens (including phenoxy) is 2. The number of aromatic amines is 1. The van der Waals surface area contributed by atoms with Crippen molar-refractivity contribution >= 4 is 35.6 Å². The number of benzene rings is 4. The van der Waals surface area contributed by atoms with Crippen LogP contribution >= 0.6 is 0 Å². The number of carbonyl (C=O) groups excluding carboxylic acids is 5. The Bertz CT molecular complexity index is 2370. The van der Waals surface area contributed by atoms with Crippen LogP contribution in [0.15, 0.2) is 115 Å². The number of alkyl carbamates (subject to hydrolysis) is 2. The lowest BCUT2D eigenvalue weighted by Crippen LogP contribution is -2.48. The Morgan fingerprint density at radius 1 is 0.683 bits per heavy atom. The van der Waals surface area contributed by atoms with Gasteiger partial charge < -0.3 is 40.2 Å². The quantitative estimate of drug-likeness (QED) is 0.120. The van der Waals surface area contributed by atoms with E-state index in [4.69, 9.17) is 9.47 Å². The summed E-state index contributed by atoms with van der Waals surface area (Å²) in [7, 11) is 2.50. The maximum absolute atomic E-state index is 13.8. The molecule has 2 aliphatic heterocycles. The number of methoxy groups -OCH3 is 2. The van der Waals surface area contributed by atoms with Gasteiger partial charge >= 0.3 is 12.2 Å². The maximum Gasteiger partial charge on any atom is 0.407 e. The van der Waals surface area contributed by atoms with E-state index in [-0.39, 0.29) is 23.8 Å². The molecule has 0 spiro atoms. The van der Waals surface area contributed by atoms with E-state index >= 15 is 0 Å². The average molecular weight is 808 g/mol. The standard InChI is InChI=1S/C46H45N7O7/c1-59-45(57)50-39(33-11-5-3-6-12-33)43(55)52-27-9-15-37(52)41-47-29-36(49-41)32-23-19-30(20-24-32)17-18-31-21-25-35(26-22-31)48-42(54)38-16-10-28-53(38)44(56)40(51-46(58)60-2)34-13-7-4-8-14-34/h3-8,11-14,19-26,29,37-40H,9-10,15-16,27-28H2,1-2H3,(H,47,49)(H,48,54)(H,50,57)(H,51,58)/t37-,38-,39+,40+/m0/s1. The third kappa shape index (κ3) is 9.48. The summed E-state index contributed by atoms with van der Waals surface area (Å²) < 4.78 is 9.56. The molecule has 0 radical (unpaired) electrons. The SMILES string of the molecule is COC(=O)N[C@@H](C(=O)N1CCC[C@H]1C(=O)Nc1ccc(C#Cc2ccc(-c3cnc([C@@H]4CCCN4C(=O)[C@H](NC(=O)OC)c4ccccc4)[nH]3)cc2)cc1)c1ccccc1. The summed E-state index contributed by atoms with van der Waals surface area (Å²) in [5.41, 5.74) is 5.08. The van der Waals surface area contributed by atoms with Crippen LogP contribution in [0.5, 0.6) is 0 Å². The van der Waals surface area contributed by atoms with E-state index in [1.54, 1.807) is 59.6 Å². The largest absolute Gasteiger partial charge is 0.453 e. The molecule has 0 unspecified atom stereocenters. The number of rotatable bonds is 10. The second-order valence-electron chi connectivity index (χ2n) is 14.4. The van der Waals surface area contributed by atoms with Crippen molar-refractivity contribution in [2.45, 2.75) is 49.9 Å². The van der Waals surface area contributed by atoms with E-state index in [0.29, 0.717) is 48.6 Å². The molecule has 2 saturated heterocycles. The van der Waals surface area contributed by atoms with E-state index in [0.717, 1.165) is 35.2 Å². The molecule has 1 aromatic heterocycles. The first kappa shape index (κ1) is 40.8. The molecule has 5 aromatic rings. The molecular weight excluding hydrogens is 763 g/mol. The van der Waals surface area contributed by atoms with Gasteiger partial charge in [-0.1, -0.05) is 84.6 Å². The first-order valence-corrected chi connectivity index (χ1v) is 19.7. The minimum Gasteiger partial charge on any atom is -0.453 e. The van der Waals surface area contributed by atoms with E-state index in [9.17, 15) is 24.0 Å². The molecule has 2 fully saturated rings. The fourth-order valence-electron chi connectivity index (χ4n) is 7.56. The second-order valence-corrected chi connectivity index (χ2v) is 14.4. The molecule has 14 nitrogen and oxygen atoms in total. The number of carbonyl (C=O) groups is 5. The van der Waals surface area contributed by atoms with Crippen molar-refractivity contribution in [2.24, 2.45) is 0 Å². The molecule has 14 heteroatoms. The fraction of sp³-hybridized carbons (Fsp3) is 0.261. The van der Waals surface area contributed by atoms with Crippen molar-refractivity contribution in [3.05, 3.63) is 143 Å². The van der Waals surface area contributed by atoms with E-state index in [1.807, 2.05) is 60.7 Å². The molecule has 0 bridgehead atoms. The van der Waals surface area contributed by atoms with Crippen LogP contribution in [0.1, 0.15) is 71.9 Å². The van der Waals surface area contributed by atoms with E-state index in [2.05, 4.69) is 37.8 Å². The van der Waals surface area contributed by atoms with Gasteiger partial charge in [-0.3, -0.25) is 14.4 Å². The van der Waals surface area contributed by atoms with E-state index < -0.39 is 30.3 Å². The predicted molar refractivity (Wildman–Crippen MR) is 223 cm³/mol. The summed E-state index contributed by atoms with van der Waals surface area (Å²) in [5.74, 6) is 6.09. The number of amides is 5. The van der Waals surface area contributed by atoms with Gasteiger partial charge in [0.15, 0.2) is 0 Å². The number of H-pyrrole nitrogens is 1. The molecule has 0 aliphatic carbocycles. The van der Waals surface area contributed by atoms with Crippen molar-refractivity contribution in [2.75, 3.05) is 32.6 Å². The minimum atomic E-state index is -0.995. The number of nitrogens with one attached hydrogen (secondary N) is 4. The molecule has 7 rings (SSSR count). The van der Waals surface area contributed by atoms with Gasteiger partial charge in [-0.05, 0) is 78.8 Å².